The number of rotatable bonds is 5. The van der Waals surface area contributed by atoms with Crippen molar-refractivity contribution in [3.8, 4) is 5.69 Å². The van der Waals surface area contributed by atoms with Gasteiger partial charge in [0.25, 0.3) is 5.56 Å². The summed E-state index contributed by atoms with van der Waals surface area (Å²) in [6.45, 7) is 7.93. The Balaban J connectivity index is 1.54. The Morgan fingerprint density at radius 1 is 1.22 bits per heavy atom. The standard InChI is InChI=1S/C22H23ClN6OS2/c1-12-13(2)31-20-17(12)19(30)24-18(25-20)14(3)32-22-27-26-21(28-9-4-5-10-28)29(22)16-8-6-7-15(23)11-16/h6-8,11,14H,4-5,9-10H2,1-3H3,(H,24,25,30). The van der Waals surface area contributed by atoms with Crippen LogP contribution >= 0.6 is 34.7 Å². The van der Waals surface area contributed by atoms with Crippen LogP contribution in [0.1, 0.15) is 41.3 Å². The molecule has 166 valence electrons. The van der Waals surface area contributed by atoms with Crippen molar-refractivity contribution in [3.63, 3.8) is 0 Å². The second-order valence-corrected chi connectivity index (χ2v) is 10.9. The molecule has 0 radical (unpaired) electrons. The number of halogens is 1. The highest BCUT2D eigenvalue weighted by atomic mass is 35.5. The van der Waals surface area contributed by atoms with Crippen molar-refractivity contribution in [3.05, 3.63) is 55.9 Å². The van der Waals surface area contributed by atoms with Crippen LogP contribution in [0.15, 0.2) is 34.2 Å². The number of aromatic nitrogens is 5. The SMILES string of the molecule is Cc1sc2nc(C(C)Sc3nnc(N4CCCC4)n3-c3cccc(Cl)c3)[nH]c(=O)c2c1C. The molecule has 1 atom stereocenters. The zero-order chi connectivity index (χ0) is 22.4. The summed E-state index contributed by atoms with van der Waals surface area (Å²) in [5, 5.41) is 11.0. The predicted molar refractivity (Wildman–Crippen MR) is 132 cm³/mol. The van der Waals surface area contributed by atoms with Gasteiger partial charge >= 0.3 is 0 Å². The maximum atomic E-state index is 12.7. The second-order valence-electron chi connectivity index (χ2n) is 7.97. The van der Waals surface area contributed by atoms with Gasteiger partial charge in [0, 0.05) is 23.0 Å². The van der Waals surface area contributed by atoms with Crippen LogP contribution in [0.4, 0.5) is 5.95 Å². The first-order valence-corrected chi connectivity index (χ1v) is 12.6. The van der Waals surface area contributed by atoms with E-state index in [0.717, 1.165) is 58.0 Å². The zero-order valence-electron chi connectivity index (χ0n) is 18.1. The molecule has 10 heteroatoms. The molecular weight excluding hydrogens is 464 g/mol. The van der Waals surface area contributed by atoms with E-state index in [1.165, 1.54) is 11.8 Å². The van der Waals surface area contributed by atoms with Crippen molar-refractivity contribution in [1.82, 2.24) is 24.7 Å². The molecule has 0 spiro atoms. The quantitative estimate of drug-likeness (QED) is 0.386. The Hall–Kier alpha value is -2.36. The Morgan fingerprint density at radius 3 is 2.75 bits per heavy atom. The van der Waals surface area contributed by atoms with Crippen LogP contribution in [0.3, 0.4) is 0 Å². The lowest BCUT2D eigenvalue weighted by atomic mass is 10.2. The van der Waals surface area contributed by atoms with E-state index in [4.69, 9.17) is 16.6 Å². The lowest BCUT2D eigenvalue weighted by Crippen LogP contribution is -2.22. The maximum absolute atomic E-state index is 12.7. The topological polar surface area (TPSA) is 79.7 Å². The Bertz CT molecular complexity index is 1350. The maximum Gasteiger partial charge on any atom is 0.259 e. The molecular formula is C22H23ClN6OS2. The van der Waals surface area contributed by atoms with E-state index in [1.54, 1.807) is 11.3 Å². The highest BCUT2D eigenvalue weighted by molar-refractivity contribution is 7.99. The summed E-state index contributed by atoms with van der Waals surface area (Å²) in [7, 11) is 0. The highest BCUT2D eigenvalue weighted by Gasteiger charge is 2.25. The molecule has 32 heavy (non-hydrogen) atoms. The van der Waals surface area contributed by atoms with Gasteiger partial charge in [0.2, 0.25) is 5.95 Å². The molecule has 3 aromatic heterocycles. The zero-order valence-corrected chi connectivity index (χ0v) is 20.4. The lowest BCUT2D eigenvalue weighted by molar-refractivity contribution is 0.834. The van der Waals surface area contributed by atoms with Crippen molar-refractivity contribution in [1.29, 1.82) is 0 Å². The van der Waals surface area contributed by atoms with E-state index >= 15 is 0 Å². The average molecular weight is 487 g/mol. The molecule has 0 aliphatic carbocycles. The van der Waals surface area contributed by atoms with Crippen molar-refractivity contribution < 1.29 is 0 Å². The molecule has 4 aromatic rings. The molecule has 1 aliphatic rings. The molecule has 1 N–H and O–H groups in total. The van der Waals surface area contributed by atoms with Crippen LogP contribution < -0.4 is 10.5 Å². The number of hydrogen-bond acceptors (Lipinski definition) is 7. The fourth-order valence-electron chi connectivity index (χ4n) is 3.98. The summed E-state index contributed by atoms with van der Waals surface area (Å²) >= 11 is 9.37. The molecule has 5 rings (SSSR count). The first kappa shape index (κ1) is 21.5. The van der Waals surface area contributed by atoms with Crippen molar-refractivity contribution >= 4 is 50.9 Å². The number of H-pyrrole nitrogens is 1. The minimum atomic E-state index is -0.122. The molecule has 0 bridgehead atoms. The number of aryl methyl sites for hydroxylation is 2. The normalized spacial score (nSPS) is 15.1. The lowest BCUT2D eigenvalue weighted by Gasteiger charge is -2.19. The summed E-state index contributed by atoms with van der Waals surface area (Å²) in [4.78, 5) is 24.6. The Labute approximate surface area is 198 Å². The van der Waals surface area contributed by atoms with Crippen LogP contribution in [0.2, 0.25) is 5.02 Å². The average Bonchev–Trinajstić information content (AvgIpc) is 3.48. The molecule has 0 amide bonds. The van der Waals surface area contributed by atoms with E-state index < -0.39 is 0 Å². The third-order valence-electron chi connectivity index (χ3n) is 5.80. The molecule has 1 saturated heterocycles. The van der Waals surface area contributed by atoms with Gasteiger partial charge < -0.3 is 9.88 Å². The molecule has 4 heterocycles. The molecule has 1 aromatic carbocycles. The third-order valence-corrected chi connectivity index (χ3v) is 8.18. The van der Waals surface area contributed by atoms with Crippen LogP contribution in [0, 0.1) is 13.8 Å². The van der Waals surface area contributed by atoms with Crippen LogP contribution in [0.5, 0.6) is 0 Å². The number of hydrogen-bond donors (Lipinski definition) is 1. The number of nitrogens with one attached hydrogen (secondary N) is 1. The summed E-state index contributed by atoms with van der Waals surface area (Å²) < 4.78 is 2.05. The monoisotopic (exact) mass is 486 g/mol. The highest BCUT2D eigenvalue weighted by Crippen LogP contribution is 2.37. The number of nitrogens with zero attached hydrogens (tertiary/aromatic N) is 5. The van der Waals surface area contributed by atoms with Gasteiger partial charge in [-0.05, 0) is 57.4 Å². The van der Waals surface area contributed by atoms with Gasteiger partial charge in [-0.3, -0.25) is 9.36 Å². The summed E-state index contributed by atoms with van der Waals surface area (Å²) in [5.41, 5.74) is 1.83. The fraction of sp³-hybridized carbons (Fsp3) is 0.364. The second kappa shape index (κ2) is 8.53. The van der Waals surface area contributed by atoms with E-state index in [-0.39, 0.29) is 10.8 Å². The first-order valence-electron chi connectivity index (χ1n) is 10.5. The summed E-state index contributed by atoms with van der Waals surface area (Å²) in [6.07, 6.45) is 2.29. The summed E-state index contributed by atoms with van der Waals surface area (Å²) in [5.74, 6) is 1.46. The van der Waals surface area contributed by atoms with Crippen molar-refractivity contribution in [2.75, 3.05) is 18.0 Å². The number of anilines is 1. The van der Waals surface area contributed by atoms with Crippen molar-refractivity contribution in [2.45, 2.75) is 44.0 Å². The minimum absolute atomic E-state index is 0.0895. The largest absolute Gasteiger partial charge is 0.341 e. The predicted octanol–water partition coefficient (Wildman–Crippen LogP) is 5.29. The Kier molecular flexibility index (Phi) is 5.73. The number of thioether (sulfide) groups is 1. The third kappa shape index (κ3) is 3.82. The van der Waals surface area contributed by atoms with Gasteiger partial charge in [0.1, 0.15) is 10.7 Å². The minimum Gasteiger partial charge on any atom is -0.341 e. The van der Waals surface area contributed by atoms with E-state index in [9.17, 15) is 4.79 Å². The number of fused-ring (bicyclic) bond motifs is 1. The van der Waals surface area contributed by atoms with Crippen molar-refractivity contribution in [2.24, 2.45) is 0 Å². The van der Waals surface area contributed by atoms with Gasteiger partial charge in [0.15, 0.2) is 5.16 Å². The van der Waals surface area contributed by atoms with Gasteiger partial charge in [-0.25, -0.2) is 4.98 Å². The van der Waals surface area contributed by atoms with Gasteiger partial charge in [-0.15, -0.1) is 21.5 Å². The Morgan fingerprint density at radius 2 is 2.00 bits per heavy atom. The summed E-state index contributed by atoms with van der Waals surface area (Å²) in [6, 6.07) is 7.71. The van der Waals surface area contributed by atoms with Crippen LogP contribution in [-0.2, 0) is 0 Å². The van der Waals surface area contributed by atoms with Crippen LogP contribution in [-0.4, -0.2) is 37.8 Å². The van der Waals surface area contributed by atoms with Gasteiger partial charge in [0.05, 0.1) is 16.3 Å². The fourth-order valence-corrected chi connectivity index (χ4v) is 6.12. The first-order chi connectivity index (χ1) is 15.4. The molecule has 1 aliphatic heterocycles. The van der Waals surface area contributed by atoms with Gasteiger partial charge in [-0.2, -0.15) is 0 Å². The van der Waals surface area contributed by atoms with E-state index in [2.05, 4.69) is 24.6 Å². The molecule has 0 saturated carbocycles. The number of benzene rings is 1. The molecule has 1 unspecified atom stereocenters. The van der Waals surface area contributed by atoms with E-state index in [1.807, 2.05) is 45.0 Å². The molecule has 1 fully saturated rings. The van der Waals surface area contributed by atoms with Gasteiger partial charge in [-0.1, -0.05) is 29.4 Å². The smallest absolute Gasteiger partial charge is 0.259 e. The van der Waals surface area contributed by atoms with Crippen LogP contribution in [0.25, 0.3) is 15.9 Å². The van der Waals surface area contributed by atoms with E-state index in [0.29, 0.717) is 16.2 Å². The number of thiophene rings is 1. The number of aromatic amines is 1. The molecule has 7 nitrogen and oxygen atoms in total.